The third kappa shape index (κ3) is 3.32. The average molecular weight is 251 g/mol. The molecule has 1 fully saturated rings. The largest absolute Gasteiger partial charge is 0.309 e. The molecule has 0 radical (unpaired) electrons. The predicted octanol–water partition coefficient (Wildman–Crippen LogP) is 4.32. The summed E-state index contributed by atoms with van der Waals surface area (Å²) in [6.07, 6.45) is 4.16. The van der Waals surface area contributed by atoms with Gasteiger partial charge in [-0.25, -0.2) is 0 Å². The van der Waals surface area contributed by atoms with Crippen molar-refractivity contribution in [2.24, 2.45) is 5.92 Å². The molecule has 0 aliphatic heterocycles. The molecule has 0 bridgehead atoms. The SMILES string of the molecule is CC1CCCC1NCc1ccc(C(C)(C)C)s1. The molecule has 1 nitrogen and oxygen atoms in total. The summed E-state index contributed by atoms with van der Waals surface area (Å²) >= 11 is 1.96. The van der Waals surface area contributed by atoms with Crippen LogP contribution in [0.3, 0.4) is 0 Å². The van der Waals surface area contributed by atoms with E-state index in [-0.39, 0.29) is 0 Å². The molecule has 2 rings (SSSR count). The average Bonchev–Trinajstić information content (AvgIpc) is 2.82. The Morgan fingerprint density at radius 2 is 2.06 bits per heavy atom. The summed E-state index contributed by atoms with van der Waals surface area (Å²) in [4.78, 5) is 2.97. The monoisotopic (exact) mass is 251 g/mol. The smallest absolute Gasteiger partial charge is 0.0302 e. The molecule has 2 unspecified atom stereocenters. The molecule has 0 saturated heterocycles. The highest BCUT2D eigenvalue weighted by Crippen LogP contribution is 2.30. The quantitative estimate of drug-likeness (QED) is 0.843. The molecule has 1 heterocycles. The van der Waals surface area contributed by atoms with Crippen LogP contribution >= 0.6 is 11.3 Å². The number of hydrogen-bond donors (Lipinski definition) is 1. The van der Waals surface area contributed by atoms with Gasteiger partial charge in [-0.3, -0.25) is 0 Å². The van der Waals surface area contributed by atoms with Crippen LogP contribution in [0, 0.1) is 5.92 Å². The first-order valence-electron chi connectivity index (χ1n) is 6.79. The van der Waals surface area contributed by atoms with Crippen molar-refractivity contribution >= 4 is 11.3 Å². The van der Waals surface area contributed by atoms with Gasteiger partial charge in [0.25, 0.3) is 0 Å². The highest BCUT2D eigenvalue weighted by atomic mass is 32.1. The summed E-state index contributed by atoms with van der Waals surface area (Å²) in [5.41, 5.74) is 0.295. The van der Waals surface area contributed by atoms with Crippen molar-refractivity contribution in [2.75, 3.05) is 0 Å². The Kier molecular flexibility index (Phi) is 3.94. The number of thiophene rings is 1. The third-order valence-corrected chi connectivity index (χ3v) is 5.31. The standard InChI is InChI=1S/C15H25NS/c1-11-6-5-7-13(11)16-10-12-8-9-14(17-12)15(2,3)4/h8-9,11,13,16H,5-7,10H2,1-4H3. The Labute approximate surface area is 110 Å². The van der Waals surface area contributed by atoms with Crippen LogP contribution in [0.2, 0.25) is 0 Å². The van der Waals surface area contributed by atoms with Crippen LogP contribution in [0.15, 0.2) is 12.1 Å². The fourth-order valence-corrected chi connectivity index (χ4v) is 3.57. The maximum atomic E-state index is 3.72. The Balaban J connectivity index is 1.89. The van der Waals surface area contributed by atoms with Gasteiger partial charge in [-0.2, -0.15) is 0 Å². The Bertz CT molecular complexity index is 361. The van der Waals surface area contributed by atoms with Gasteiger partial charge < -0.3 is 5.32 Å². The zero-order chi connectivity index (χ0) is 12.5. The van der Waals surface area contributed by atoms with Crippen molar-refractivity contribution < 1.29 is 0 Å². The van der Waals surface area contributed by atoms with Crippen LogP contribution < -0.4 is 5.32 Å². The van der Waals surface area contributed by atoms with Gasteiger partial charge in [0.05, 0.1) is 0 Å². The molecule has 1 aliphatic carbocycles. The molecule has 1 aromatic heterocycles. The van der Waals surface area contributed by atoms with Crippen LogP contribution in [0.25, 0.3) is 0 Å². The van der Waals surface area contributed by atoms with E-state index in [0.717, 1.165) is 18.5 Å². The molecule has 96 valence electrons. The van der Waals surface area contributed by atoms with Crippen LogP contribution in [-0.4, -0.2) is 6.04 Å². The lowest BCUT2D eigenvalue weighted by Gasteiger charge is -2.17. The molecule has 1 aromatic rings. The molecule has 1 saturated carbocycles. The topological polar surface area (TPSA) is 12.0 Å². The van der Waals surface area contributed by atoms with Crippen molar-refractivity contribution in [3.8, 4) is 0 Å². The number of nitrogens with one attached hydrogen (secondary N) is 1. The van der Waals surface area contributed by atoms with E-state index in [9.17, 15) is 0 Å². The van der Waals surface area contributed by atoms with E-state index in [0.29, 0.717) is 5.41 Å². The van der Waals surface area contributed by atoms with E-state index in [1.807, 2.05) is 11.3 Å². The maximum Gasteiger partial charge on any atom is 0.0302 e. The minimum Gasteiger partial charge on any atom is -0.309 e. The first kappa shape index (κ1) is 13.1. The van der Waals surface area contributed by atoms with E-state index in [1.54, 1.807) is 0 Å². The van der Waals surface area contributed by atoms with Gasteiger partial charge in [-0.05, 0) is 36.3 Å². The van der Waals surface area contributed by atoms with Crippen molar-refractivity contribution in [3.63, 3.8) is 0 Å². The van der Waals surface area contributed by atoms with E-state index in [1.165, 1.54) is 29.0 Å². The van der Waals surface area contributed by atoms with Crippen LogP contribution in [0.1, 0.15) is 56.7 Å². The minimum atomic E-state index is 0.295. The van der Waals surface area contributed by atoms with Crippen molar-refractivity contribution in [1.82, 2.24) is 5.32 Å². The third-order valence-electron chi connectivity index (χ3n) is 3.80. The summed E-state index contributed by atoms with van der Waals surface area (Å²) in [5.74, 6) is 0.858. The van der Waals surface area contributed by atoms with E-state index >= 15 is 0 Å². The van der Waals surface area contributed by atoms with E-state index < -0.39 is 0 Å². The Morgan fingerprint density at radius 1 is 1.29 bits per heavy atom. The number of hydrogen-bond acceptors (Lipinski definition) is 2. The van der Waals surface area contributed by atoms with Gasteiger partial charge in [0.2, 0.25) is 0 Å². The highest BCUT2D eigenvalue weighted by Gasteiger charge is 2.23. The van der Waals surface area contributed by atoms with E-state index in [4.69, 9.17) is 0 Å². The second-order valence-electron chi connectivity index (χ2n) is 6.41. The minimum absolute atomic E-state index is 0.295. The molecule has 1 aliphatic rings. The van der Waals surface area contributed by atoms with Crippen molar-refractivity contribution in [3.05, 3.63) is 21.9 Å². The molecular weight excluding hydrogens is 226 g/mol. The van der Waals surface area contributed by atoms with Crippen molar-refractivity contribution in [1.29, 1.82) is 0 Å². The number of rotatable bonds is 3. The zero-order valence-corrected chi connectivity index (χ0v) is 12.4. The molecule has 0 aromatic carbocycles. The van der Waals surface area contributed by atoms with Crippen LogP contribution in [0.5, 0.6) is 0 Å². The summed E-state index contributed by atoms with van der Waals surface area (Å²) in [6, 6.07) is 5.33. The van der Waals surface area contributed by atoms with Gasteiger partial charge in [0.1, 0.15) is 0 Å². The fourth-order valence-electron chi connectivity index (χ4n) is 2.56. The van der Waals surface area contributed by atoms with E-state index in [2.05, 4.69) is 45.1 Å². The second-order valence-corrected chi connectivity index (χ2v) is 7.58. The first-order chi connectivity index (χ1) is 7.97. The maximum absolute atomic E-state index is 3.72. The van der Waals surface area contributed by atoms with Gasteiger partial charge in [0.15, 0.2) is 0 Å². The van der Waals surface area contributed by atoms with Gasteiger partial charge >= 0.3 is 0 Å². The lowest BCUT2D eigenvalue weighted by molar-refractivity contribution is 0.427. The first-order valence-corrected chi connectivity index (χ1v) is 7.61. The predicted molar refractivity (Wildman–Crippen MR) is 76.7 cm³/mol. The molecule has 1 N–H and O–H groups in total. The lowest BCUT2D eigenvalue weighted by Crippen LogP contribution is -2.30. The zero-order valence-electron chi connectivity index (χ0n) is 11.5. The fraction of sp³-hybridized carbons (Fsp3) is 0.733. The summed E-state index contributed by atoms with van der Waals surface area (Å²) in [7, 11) is 0. The molecule has 2 heteroatoms. The Hall–Kier alpha value is -0.340. The highest BCUT2D eigenvalue weighted by molar-refractivity contribution is 7.12. The van der Waals surface area contributed by atoms with Crippen LogP contribution in [0.4, 0.5) is 0 Å². The van der Waals surface area contributed by atoms with Gasteiger partial charge in [0, 0.05) is 22.3 Å². The molecule has 2 atom stereocenters. The second kappa shape index (κ2) is 5.11. The summed E-state index contributed by atoms with van der Waals surface area (Å²) < 4.78 is 0. The molecule has 17 heavy (non-hydrogen) atoms. The summed E-state index contributed by atoms with van der Waals surface area (Å²) in [5, 5.41) is 3.72. The molecule has 0 spiro atoms. The Morgan fingerprint density at radius 3 is 2.59 bits per heavy atom. The van der Waals surface area contributed by atoms with Crippen molar-refractivity contribution in [2.45, 2.75) is 65.0 Å². The van der Waals surface area contributed by atoms with Crippen LogP contribution in [-0.2, 0) is 12.0 Å². The van der Waals surface area contributed by atoms with Gasteiger partial charge in [-0.1, -0.05) is 34.1 Å². The van der Waals surface area contributed by atoms with Gasteiger partial charge in [-0.15, -0.1) is 11.3 Å². The molecule has 0 amide bonds. The lowest BCUT2D eigenvalue weighted by atomic mass is 9.95. The molecular formula is C15H25NS. The summed E-state index contributed by atoms with van der Waals surface area (Å²) in [6.45, 7) is 10.3. The normalized spacial score (nSPS) is 25.4.